The highest BCUT2D eigenvalue weighted by Crippen LogP contribution is 2.26. The fraction of sp³-hybridized carbons (Fsp3) is 0.167. The molecule has 4 rings (SSSR count). The summed E-state index contributed by atoms with van der Waals surface area (Å²) in [6.45, 7) is 6.21. The Bertz CT molecular complexity index is 1030. The fourth-order valence-electron chi connectivity index (χ4n) is 2.98. The van der Waals surface area contributed by atoms with Gasteiger partial charge < -0.3 is 0 Å². The number of hydrogen-bond donors (Lipinski definition) is 0. The normalized spacial score (nSPS) is 11.3. The molecule has 0 bridgehead atoms. The zero-order chi connectivity index (χ0) is 16.0. The van der Waals surface area contributed by atoms with E-state index in [0.717, 1.165) is 27.7 Å². The molecule has 0 saturated heterocycles. The second-order valence-corrected chi connectivity index (χ2v) is 5.77. The molecule has 0 unspecified atom stereocenters. The zero-order valence-corrected chi connectivity index (χ0v) is 13.2. The molecule has 0 saturated carbocycles. The minimum absolute atomic E-state index is 0.467. The molecule has 2 heterocycles. The molecule has 4 aromatic rings. The largest absolute Gasteiger partial charge is 0.223 e. The SMILES string of the molecule is Cc1cc(C)c(-c2nnc3nc4ccccc4nc3n2)c(C)c1. The summed E-state index contributed by atoms with van der Waals surface area (Å²) in [6, 6.07) is 11.9. The molecule has 0 radical (unpaired) electrons. The molecule has 0 fully saturated rings. The van der Waals surface area contributed by atoms with Crippen LogP contribution in [0.25, 0.3) is 33.7 Å². The van der Waals surface area contributed by atoms with Crippen molar-refractivity contribution in [2.75, 3.05) is 0 Å². The number of aromatic nitrogens is 5. The van der Waals surface area contributed by atoms with Gasteiger partial charge in [-0.25, -0.2) is 15.0 Å². The van der Waals surface area contributed by atoms with Crippen molar-refractivity contribution in [3.63, 3.8) is 0 Å². The quantitative estimate of drug-likeness (QED) is 0.503. The third-order valence-corrected chi connectivity index (χ3v) is 3.89. The van der Waals surface area contributed by atoms with Crippen molar-refractivity contribution in [3.8, 4) is 11.4 Å². The van der Waals surface area contributed by atoms with E-state index >= 15 is 0 Å². The molecule has 23 heavy (non-hydrogen) atoms. The van der Waals surface area contributed by atoms with Crippen LogP contribution in [-0.2, 0) is 0 Å². The lowest BCUT2D eigenvalue weighted by atomic mass is 9.99. The van der Waals surface area contributed by atoms with Gasteiger partial charge in [0.15, 0.2) is 5.82 Å². The summed E-state index contributed by atoms with van der Waals surface area (Å²) >= 11 is 0. The molecule has 0 amide bonds. The van der Waals surface area contributed by atoms with Crippen molar-refractivity contribution in [2.24, 2.45) is 0 Å². The number of benzene rings is 2. The molecule has 5 nitrogen and oxygen atoms in total. The molecule has 0 N–H and O–H groups in total. The Balaban J connectivity index is 1.97. The summed E-state index contributed by atoms with van der Waals surface area (Å²) in [5, 5.41) is 8.50. The van der Waals surface area contributed by atoms with Gasteiger partial charge in [-0.05, 0) is 44.0 Å². The van der Waals surface area contributed by atoms with Crippen LogP contribution in [0.1, 0.15) is 16.7 Å². The van der Waals surface area contributed by atoms with Gasteiger partial charge in [-0.15, -0.1) is 10.2 Å². The zero-order valence-electron chi connectivity index (χ0n) is 13.2. The lowest BCUT2D eigenvalue weighted by Crippen LogP contribution is -2.01. The average molecular weight is 301 g/mol. The Labute approximate surface area is 133 Å². The number of rotatable bonds is 1. The van der Waals surface area contributed by atoms with Crippen LogP contribution in [-0.4, -0.2) is 25.1 Å². The summed E-state index contributed by atoms with van der Waals surface area (Å²) in [5.41, 5.74) is 7.11. The molecular formula is C18H15N5. The fourth-order valence-corrected chi connectivity index (χ4v) is 2.98. The van der Waals surface area contributed by atoms with Gasteiger partial charge in [0.05, 0.1) is 11.0 Å². The highest BCUT2D eigenvalue weighted by atomic mass is 15.2. The molecule has 0 aliphatic heterocycles. The van der Waals surface area contributed by atoms with Gasteiger partial charge in [0.25, 0.3) is 0 Å². The molecule has 0 spiro atoms. The Morgan fingerprint density at radius 3 is 1.96 bits per heavy atom. The van der Waals surface area contributed by atoms with Crippen LogP contribution >= 0.6 is 0 Å². The first-order chi connectivity index (χ1) is 11.1. The lowest BCUT2D eigenvalue weighted by molar-refractivity contribution is 0.999. The van der Waals surface area contributed by atoms with Gasteiger partial charge in [-0.1, -0.05) is 29.8 Å². The second kappa shape index (κ2) is 5.05. The predicted molar refractivity (Wildman–Crippen MR) is 90.1 cm³/mol. The Hall–Kier alpha value is -2.95. The molecule has 2 aromatic carbocycles. The predicted octanol–water partition coefficient (Wildman–Crippen LogP) is 3.56. The van der Waals surface area contributed by atoms with Crippen molar-refractivity contribution in [1.29, 1.82) is 0 Å². The van der Waals surface area contributed by atoms with E-state index in [1.54, 1.807) is 0 Å². The Morgan fingerprint density at radius 2 is 1.30 bits per heavy atom. The first kappa shape index (κ1) is 13.7. The standard InChI is InChI=1S/C18H15N5/c1-10-8-11(2)15(12(3)9-10)16-21-17-18(23-22-16)20-14-7-5-4-6-13(14)19-17/h4-9H,1-3H3. The maximum atomic E-state index is 4.60. The van der Waals surface area contributed by atoms with E-state index < -0.39 is 0 Å². The Morgan fingerprint density at radius 1 is 0.696 bits per heavy atom. The van der Waals surface area contributed by atoms with Crippen LogP contribution in [0.5, 0.6) is 0 Å². The minimum Gasteiger partial charge on any atom is -0.223 e. The van der Waals surface area contributed by atoms with Crippen LogP contribution in [0.4, 0.5) is 0 Å². The van der Waals surface area contributed by atoms with Gasteiger partial charge in [-0.2, -0.15) is 0 Å². The molecule has 5 heteroatoms. The van der Waals surface area contributed by atoms with Crippen molar-refractivity contribution in [3.05, 3.63) is 53.1 Å². The number of nitrogens with zero attached hydrogens (tertiary/aromatic N) is 5. The average Bonchev–Trinajstić information content (AvgIpc) is 2.52. The monoisotopic (exact) mass is 301 g/mol. The van der Waals surface area contributed by atoms with Crippen molar-refractivity contribution in [2.45, 2.75) is 20.8 Å². The maximum absolute atomic E-state index is 4.60. The van der Waals surface area contributed by atoms with Crippen molar-refractivity contribution >= 4 is 22.3 Å². The van der Waals surface area contributed by atoms with Crippen LogP contribution in [0, 0.1) is 20.8 Å². The third kappa shape index (κ3) is 2.30. The number of aryl methyl sites for hydroxylation is 3. The van der Waals surface area contributed by atoms with Crippen LogP contribution in [0.3, 0.4) is 0 Å². The van der Waals surface area contributed by atoms with Gasteiger partial charge in [-0.3, -0.25) is 0 Å². The summed E-state index contributed by atoms with van der Waals surface area (Å²) in [4.78, 5) is 13.6. The van der Waals surface area contributed by atoms with Crippen molar-refractivity contribution in [1.82, 2.24) is 25.1 Å². The molecular weight excluding hydrogens is 286 g/mol. The molecule has 0 aliphatic rings. The topological polar surface area (TPSA) is 64.5 Å². The maximum Gasteiger partial charge on any atom is 0.220 e. The minimum atomic E-state index is 0.467. The first-order valence-electron chi connectivity index (χ1n) is 7.47. The second-order valence-electron chi connectivity index (χ2n) is 5.77. The third-order valence-electron chi connectivity index (χ3n) is 3.89. The highest BCUT2D eigenvalue weighted by Gasteiger charge is 2.13. The van der Waals surface area contributed by atoms with Crippen LogP contribution in [0.15, 0.2) is 36.4 Å². The summed E-state index contributed by atoms with van der Waals surface area (Å²) < 4.78 is 0. The first-order valence-corrected chi connectivity index (χ1v) is 7.47. The van der Waals surface area contributed by atoms with Crippen LogP contribution < -0.4 is 0 Å². The van der Waals surface area contributed by atoms with Gasteiger partial charge in [0.2, 0.25) is 11.3 Å². The number of para-hydroxylation sites is 2. The van der Waals surface area contributed by atoms with Gasteiger partial charge in [0, 0.05) is 5.56 Å². The number of hydrogen-bond acceptors (Lipinski definition) is 5. The van der Waals surface area contributed by atoms with E-state index in [0.29, 0.717) is 17.1 Å². The van der Waals surface area contributed by atoms with Crippen molar-refractivity contribution < 1.29 is 0 Å². The lowest BCUT2D eigenvalue weighted by Gasteiger charge is -2.09. The summed E-state index contributed by atoms with van der Waals surface area (Å²) in [7, 11) is 0. The molecule has 0 aliphatic carbocycles. The number of fused-ring (bicyclic) bond motifs is 2. The van der Waals surface area contributed by atoms with E-state index in [9.17, 15) is 0 Å². The van der Waals surface area contributed by atoms with E-state index in [2.05, 4.69) is 58.1 Å². The highest BCUT2D eigenvalue weighted by molar-refractivity contribution is 5.82. The van der Waals surface area contributed by atoms with Gasteiger partial charge in [0.1, 0.15) is 0 Å². The van der Waals surface area contributed by atoms with E-state index in [1.165, 1.54) is 5.56 Å². The van der Waals surface area contributed by atoms with E-state index in [-0.39, 0.29) is 0 Å². The van der Waals surface area contributed by atoms with Gasteiger partial charge >= 0.3 is 0 Å². The van der Waals surface area contributed by atoms with Crippen LogP contribution in [0.2, 0.25) is 0 Å². The Kier molecular flexibility index (Phi) is 3.01. The molecule has 0 atom stereocenters. The smallest absolute Gasteiger partial charge is 0.220 e. The summed E-state index contributed by atoms with van der Waals surface area (Å²) in [5.74, 6) is 0.595. The van der Waals surface area contributed by atoms with E-state index in [1.807, 2.05) is 24.3 Å². The molecule has 2 aromatic heterocycles. The van der Waals surface area contributed by atoms with E-state index in [4.69, 9.17) is 0 Å². The summed E-state index contributed by atoms with van der Waals surface area (Å²) in [6.07, 6.45) is 0. The molecule has 112 valence electrons.